The summed E-state index contributed by atoms with van der Waals surface area (Å²) in [6, 6.07) is 14.0. The summed E-state index contributed by atoms with van der Waals surface area (Å²) in [4.78, 5) is 8.32. The molecule has 17 heavy (non-hydrogen) atoms. The highest BCUT2D eigenvalue weighted by Gasteiger charge is 2.01. The number of rotatable bonds is 1. The Morgan fingerprint density at radius 2 is 1.71 bits per heavy atom. The Morgan fingerprint density at radius 1 is 0.824 bits per heavy atom. The molecule has 0 aliphatic carbocycles. The van der Waals surface area contributed by atoms with Crippen LogP contribution in [0, 0.1) is 0 Å². The number of hydrogen-bond donors (Lipinski definition) is 0. The van der Waals surface area contributed by atoms with Crippen LogP contribution in [0.2, 0.25) is 5.15 Å². The molecule has 0 unspecified atom stereocenters. The zero-order chi connectivity index (χ0) is 11.7. The first-order chi connectivity index (χ1) is 8.33. The molecule has 3 aromatic rings. The monoisotopic (exact) mass is 240 g/mol. The smallest absolute Gasteiger partial charge is 0.129 e. The van der Waals surface area contributed by atoms with E-state index in [0.717, 1.165) is 22.0 Å². The third-order valence-corrected chi connectivity index (χ3v) is 2.87. The van der Waals surface area contributed by atoms with Crippen LogP contribution in [-0.2, 0) is 0 Å². The van der Waals surface area contributed by atoms with Gasteiger partial charge in [-0.1, -0.05) is 29.8 Å². The van der Waals surface area contributed by atoms with Crippen LogP contribution in [0.5, 0.6) is 0 Å². The lowest BCUT2D eigenvalue weighted by Crippen LogP contribution is -1.82. The van der Waals surface area contributed by atoms with Crippen LogP contribution in [-0.4, -0.2) is 9.97 Å². The Morgan fingerprint density at radius 3 is 2.59 bits per heavy atom. The summed E-state index contributed by atoms with van der Waals surface area (Å²) in [6.07, 6.45) is 3.51. The Bertz CT molecular complexity index is 680. The molecule has 0 aliphatic heterocycles. The predicted molar refractivity (Wildman–Crippen MR) is 70.0 cm³/mol. The minimum Gasteiger partial charge on any atom is -0.256 e. The number of halogens is 1. The van der Waals surface area contributed by atoms with Crippen molar-refractivity contribution in [3.8, 4) is 11.1 Å². The highest BCUT2D eigenvalue weighted by atomic mass is 35.5. The summed E-state index contributed by atoms with van der Waals surface area (Å²) in [5.41, 5.74) is 3.14. The van der Waals surface area contributed by atoms with Gasteiger partial charge >= 0.3 is 0 Å². The molecule has 82 valence electrons. The van der Waals surface area contributed by atoms with Crippen molar-refractivity contribution in [2.45, 2.75) is 0 Å². The summed E-state index contributed by atoms with van der Waals surface area (Å²) in [6.45, 7) is 0. The molecule has 0 amide bonds. The lowest BCUT2D eigenvalue weighted by Gasteiger charge is -2.03. The highest BCUT2D eigenvalue weighted by Crippen LogP contribution is 2.24. The fourth-order valence-electron chi connectivity index (χ4n) is 1.83. The van der Waals surface area contributed by atoms with E-state index in [1.807, 2.05) is 24.3 Å². The van der Waals surface area contributed by atoms with Crippen LogP contribution < -0.4 is 0 Å². The van der Waals surface area contributed by atoms with Gasteiger partial charge in [-0.05, 0) is 35.4 Å². The van der Waals surface area contributed by atoms with Crippen molar-refractivity contribution in [3.05, 3.63) is 60.0 Å². The van der Waals surface area contributed by atoms with Gasteiger partial charge in [-0.3, -0.25) is 4.98 Å². The molecule has 0 N–H and O–H groups in total. The number of fused-ring (bicyclic) bond motifs is 1. The van der Waals surface area contributed by atoms with Crippen LogP contribution in [0.15, 0.2) is 54.9 Å². The van der Waals surface area contributed by atoms with Gasteiger partial charge in [0.05, 0.1) is 5.52 Å². The van der Waals surface area contributed by atoms with E-state index in [0.29, 0.717) is 5.15 Å². The molecule has 3 heteroatoms. The van der Waals surface area contributed by atoms with Crippen LogP contribution in [0.1, 0.15) is 0 Å². The summed E-state index contributed by atoms with van der Waals surface area (Å²) in [7, 11) is 0. The molecule has 0 fully saturated rings. The normalized spacial score (nSPS) is 10.6. The first-order valence-electron chi connectivity index (χ1n) is 5.30. The van der Waals surface area contributed by atoms with E-state index >= 15 is 0 Å². The Hall–Kier alpha value is -1.93. The maximum Gasteiger partial charge on any atom is 0.129 e. The molecule has 0 spiro atoms. The summed E-state index contributed by atoms with van der Waals surface area (Å²) < 4.78 is 0. The van der Waals surface area contributed by atoms with Crippen molar-refractivity contribution < 1.29 is 0 Å². The molecule has 1 aromatic carbocycles. The van der Waals surface area contributed by atoms with Gasteiger partial charge in [-0.15, -0.1) is 0 Å². The molecule has 2 aromatic heterocycles. The predicted octanol–water partition coefficient (Wildman–Crippen LogP) is 3.95. The quantitative estimate of drug-likeness (QED) is 0.602. The van der Waals surface area contributed by atoms with Crippen molar-refractivity contribution in [1.29, 1.82) is 0 Å². The second kappa shape index (κ2) is 4.15. The van der Waals surface area contributed by atoms with Crippen molar-refractivity contribution in [2.75, 3.05) is 0 Å². The zero-order valence-electron chi connectivity index (χ0n) is 8.97. The van der Waals surface area contributed by atoms with Crippen molar-refractivity contribution in [2.24, 2.45) is 0 Å². The zero-order valence-corrected chi connectivity index (χ0v) is 9.72. The number of benzene rings is 1. The van der Waals surface area contributed by atoms with Gasteiger partial charge < -0.3 is 0 Å². The largest absolute Gasteiger partial charge is 0.256 e. The van der Waals surface area contributed by atoms with E-state index in [4.69, 9.17) is 11.6 Å². The molecule has 3 rings (SSSR count). The highest BCUT2D eigenvalue weighted by molar-refractivity contribution is 6.29. The average Bonchev–Trinajstić information content (AvgIpc) is 2.38. The molecular formula is C14H9ClN2. The molecule has 2 nitrogen and oxygen atoms in total. The van der Waals surface area contributed by atoms with Gasteiger partial charge in [0.2, 0.25) is 0 Å². The van der Waals surface area contributed by atoms with Crippen molar-refractivity contribution in [1.82, 2.24) is 9.97 Å². The maximum atomic E-state index is 5.89. The Kier molecular flexibility index (Phi) is 2.50. The average molecular weight is 241 g/mol. The van der Waals surface area contributed by atoms with Crippen molar-refractivity contribution in [3.63, 3.8) is 0 Å². The molecule has 0 atom stereocenters. The lowest BCUT2D eigenvalue weighted by molar-refractivity contribution is 1.33. The standard InChI is InChI=1S/C14H9ClN2/c15-14-9-12(5-7-17-14)11-4-3-10-2-1-6-16-13(10)8-11/h1-9H. The molecule has 0 bridgehead atoms. The molecule has 0 aliphatic rings. The fraction of sp³-hybridized carbons (Fsp3) is 0. The van der Waals surface area contributed by atoms with E-state index in [9.17, 15) is 0 Å². The van der Waals surface area contributed by atoms with Crippen molar-refractivity contribution >= 4 is 22.5 Å². The van der Waals surface area contributed by atoms with Gasteiger partial charge in [0.25, 0.3) is 0 Å². The van der Waals surface area contributed by atoms with Gasteiger partial charge in [0.15, 0.2) is 0 Å². The fourth-order valence-corrected chi connectivity index (χ4v) is 2.00. The van der Waals surface area contributed by atoms with Crippen LogP contribution in [0.3, 0.4) is 0 Å². The number of nitrogens with zero attached hydrogens (tertiary/aromatic N) is 2. The number of pyridine rings is 2. The second-order valence-electron chi connectivity index (χ2n) is 3.78. The SMILES string of the molecule is Clc1cc(-c2ccc3cccnc3c2)ccn1. The first-order valence-corrected chi connectivity index (χ1v) is 5.67. The summed E-state index contributed by atoms with van der Waals surface area (Å²) in [5, 5.41) is 1.64. The summed E-state index contributed by atoms with van der Waals surface area (Å²) >= 11 is 5.89. The van der Waals surface area contributed by atoms with Gasteiger partial charge in [0, 0.05) is 17.8 Å². The minimum atomic E-state index is 0.503. The Labute approximate surface area is 104 Å². The molecular weight excluding hydrogens is 232 g/mol. The third-order valence-electron chi connectivity index (χ3n) is 2.67. The third kappa shape index (κ3) is 1.99. The number of hydrogen-bond acceptors (Lipinski definition) is 2. The molecule has 0 radical (unpaired) electrons. The van der Waals surface area contributed by atoms with Crippen LogP contribution in [0.25, 0.3) is 22.0 Å². The second-order valence-corrected chi connectivity index (χ2v) is 4.17. The van der Waals surface area contributed by atoms with Crippen LogP contribution >= 0.6 is 11.6 Å². The van der Waals surface area contributed by atoms with E-state index in [1.165, 1.54) is 0 Å². The Balaban J connectivity index is 2.18. The molecule has 0 saturated carbocycles. The molecule has 0 saturated heterocycles. The summed E-state index contributed by atoms with van der Waals surface area (Å²) in [5.74, 6) is 0. The van der Waals surface area contributed by atoms with E-state index < -0.39 is 0 Å². The topological polar surface area (TPSA) is 25.8 Å². The molecule has 2 heterocycles. The van der Waals surface area contributed by atoms with E-state index in [-0.39, 0.29) is 0 Å². The maximum absolute atomic E-state index is 5.89. The van der Waals surface area contributed by atoms with E-state index in [1.54, 1.807) is 12.4 Å². The first kappa shape index (κ1) is 10.2. The van der Waals surface area contributed by atoms with Gasteiger partial charge in [-0.2, -0.15) is 0 Å². The number of aromatic nitrogens is 2. The lowest BCUT2D eigenvalue weighted by atomic mass is 10.1. The van der Waals surface area contributed by atoms with E-state index in [2.05, 4.69) is 28.2 Å². The van der Waals surface area contributed by atoms with Gasteiger partial charge in [-0.25, -0.2) is 4.98 Å². The minimum absolute atomic E-state index is 0.503. The van der Waals surface area contributed by atoms with Crippen LogP contribution in [0.4, 0.5) is 0 Å². The van der Waals surface area contributed by atoms with Gasteiger partial charge in [0.1, 0.15) is 5.15 Å².